The summed E-state index contributed by atoms with van der Waals surface area (Å²) in [5, 5.41) is 0. The zero-order valence-corrected chi connectivity index (χ0v) is 12.2. The molecule has 0 fully saturated rings. The molecule has 0 unspecified atom stereocenters. The highest BCUT2D eigenvalue weighted by Crippen LogP contribution is 2.53. The first-order valence-corrected chi connectivity index (χ1v) is 6.11. The summed E-state index contributed by atoms with van der Waals surface area (Å²) in [6.07, 6.45) is 0.480. The molecule has 0 aliphatic heterocycles. The van der Waals surface area contributed by atoms with Gasteiger partial charge in [-0.05, 0) is 23.2 Å². The molecule has 0 saturated carbocycles. The van der Waals surface area contributed by atoms with Crippen molar-refractivity contribution in [1.82, 2.24) is 0 Å². The predicted molar refractivity (Wildman–Crippen MR) is 68.3 cm³/mol. The monoisotopic (exact) mass is 228 g/mol. The number of hydrogen-bond donors (Lipinski definition) is 0. The van der Waals surface area contributed by atoms with E-state index in [-0.39, 0.29) is 22.2 Å². The van der Waals surface area contributed by atoms with Gasteiger partial charge in [0.2, 0.25) is 0 Å². The van der Waals surface area contributed by atoms with Crippen LogP contribution in [0.1, 0.15) is 61.8 Å². The van der Waals surface area contributed by atoms with E-state index in [1.807, 2.05) is 6.92 Å². The number of carbonyl (C=O) groups is 1. The Balaban J connectivity index is 5.06. The zero-order valence-electron chi connectivity index (χ0n) is 12.2. The Morgan fingerprint density at radius 1 is 0.938 bits per heavy atom. The van der Waals surface area contributed by atoms with Crippen molar-refractivity contribution in [2.45, 2.75) is 61.8 Å². The molecular formula is C14H28O2. The van der Waals surface area contributed by atoms with Gasteiger partial charge in [0, 0.05) is 0 Å². The maximum absolute atomic E-state index is 11.7. The molecule has 96 valence electrons. The summed E-state index contributed by atoms with van der Waals surface area (Å²) >= 11 is 0. The first-order valence-electron chi connectivity index (χ1n) is 6.11. The van der Waals surface area contributed by atoms with Crippen LogP contribution in [0, 0.1) is 16.2 Å². The van der Waals surface area contributed by atoms with Gasteiger partial charge in [0.15, 0.2) is 0 Å². The highest BCUT2D eigenvalue weighted by molar-refractivity contribution is 5.70. The molecule has 2 nitrogen and oxygen atoms in total. The third-order valence-corrected chi connectivity index (χ3v) is 4.11. The summed E-state index contributed by atoms with van der Waals surface area (Å²) in [6.45, 7) is 17.6. The molecule has 0 heterocycles. The number of carbonyl (C=O) groups excluding carboxylic acids is 1. The Morgan fingerprint density at radius 3 is 1.56 bits per heavy atom. The first-order chi connectivity index (χ1) is 6.95. The molecule has 0 aromatic rings. The molecule has 0 rings (SSSR count). The molecule has 0 aliphatic carbocycles. The van der Waals surface area contributed by atoms with Crippen molar-refractivity contribution < 1.29 is 9.53 Å². The second-order valence-electron chi connectivity index (χ2n) is 6.81. The van der Waals surface area contributed by atoms with Crippen LogP contribution in [0.15, 0.2) is 0 Å². The van der Waals surface area contributed by atoms with E-state index >= 15 is 0 Å². The molecule has 0 saturated heterocycles. The molecule has 0 aromatic carbocycles. The lowest BCUT2D eigenvalue weighted by atomic mass is 9.54. The molecule has 0 bridgehead atoms. The Bertz CT molecular complexity index is 226. The van der Waals surface area contributed by atoms with Gasteiger partial charge in [0.05, 0.1) is 13.0 Å². The Kier molecular flexibility index (Phi) is 4.61. The van der Waals surface area contributed by atoms with Crippen molar-refractivity contribution in [3.05, 3.63) is 0 Å². The molecule has 0 spiro atoms. The molecule has 2 heteroatoms. The fourth-order valence-corrected chi connectivity index (χ4v) is 2.16. The Hall–Kier alpha value is -0.530. The van der Waals surface area contributed by atoms with E-state index in [1.165, 1.54) is 0 Å². The summed E-state index contributed by atoms with van der Waals surface area (Å²) in [5.41, 5.74) is 0.0578. The third kappa shape index (κ3) is 3.23. The van der Waals surface area contributed by atoms with Crippen LogP contribution in [0.3, 0.4) is 0 Å². The van der Waals surface area contributed by atoms with Crippen molar-refractivity contribution in [3.63, 3.8) is 0 Å². The van der Waals surface area contributed by atoms with E-state index in [4.69, 9.17) is 4.74 Å². The van der Waals surface area contributed by atoms with Crippen LogP contribution in [0.5, 0.6) is 0 Å². The smallest absolute Gasteiger partial charge is 0.306 e. The minimum absolute atomic E-state index is 0.0675. The fourth-order valence-electron chi connectivity index (χ4n) is 2.16. The van der Waals surface area contributed by atoms with Crippen LogP contribution < -0.4 is 0 Å². The fraction of sp³-hybridized carbons (Fsp3) is 0.929. The summed E-state index contributed by atoms with van der Waals surface area (Å²) in [7, 11) is 0. The van der Waals surface area contributed by atoms with E-state index in [2.05, 4.69) is 48.5 Å². The zero-order chi connectivity index (χ0) is 13.2. The van der Waals surface area contributed by atoms with E-state index in [0.717, 1.165) is 0 Å². The summed E-state index contributed by atoms with van der Waals surface area (Å²) in [5.74, 6) is -0.0881. The standard InChI is InChI=1S/C14H28O2/c1-9-16-11(15)10-14(8,12(2,3)4)13(5,6)7/h9-10H2,1-8H3. The molecule has 0 radical (unpaired) electrons. The lowest BCUT2D eigenvalue weighted by Gasteiger charge is -2.51. The van der Waals surface area contributed by atoms with Crippen molar-refractivity contribution in [2.24, 2.45) is 16.2 Å². The average Bonchev–Trinajstić information content (AvgIpc) is 1.99. The van der Waals surface area contributed by atoms with Crippen LogP contribution in [0.25, 0.3) is 0 Å². The Labute approximate surface area is 101 Å². The number of hydrogen-bond acceptors (Lipinski definition) is 2. The van der Waals surface area contributed by atoms with E-state index in [0.29, 0.717) is 13.0 Å². The van der Waals surface area contributed by atoms with Crippen molar-refractivity contribution in [3.8, 4) is 0 Å². The van der Waals surface area contributed by atoms with Gasteiger partial charge in [-0.3, -0.25) is 4.79 Å². The second-order valence-corrected chi connectivity index (χ2v) is 6.81. The van der Waals surface area contributed by atoms with Gasteiger partial charge in [0.1, 0.15) is 0 Å². The average molecular weight is 228 g/mol. The lowest BCUT2D eigenvalue weighted by Crippen LogP contribution is -2.45. The molecule has 0 N–H and O–H groups in total. The molecule has 0 amide bonds. The van der Waals surface area contributed by atoms with Crippen LogP contribution in [0.2, 0.25) is 0 Å². The van der Waals surface area contributed by atoms with Gasteiger partial charge in [-0.15, -0.1) is 0 Å². The maximum Gasteiger partial charge on any atom is 0.306 e. The van der Waals surface area contributed by atoms with Crippen LogP contribution >= 0.6 is 0 Å². The lowest BCUT2D eigenvalue weighted by molar-refractivity contribution is -0.152. The minimum Gasteiger partial charge on any atom is -0.466 e. The molecule has 0 aliphatic rings. The van der Waals surface area contributed by atoms with Gasteiger partial charge < -0.3 is 4.74 Å². The topological polar surface area (TPSA) is 26.3 Å². The van der Waals surface area contributed by atoms with Crippen molar-refractivity contribution in [1.29, 1.82) is 0 Å². The highest BCUT2D eigenvalue weighted by Gasteiger charge is 2.48. The number of ether oxygens (including phenoxy) is 1. The van der Waals surface area contributed by atoms with Gasteiger partial charge in [-0.25, -0.2) is 0 Å². The quantitative estimate of drug-likeness (QED) is 0.681. The SMILES string of the molecule is CCOC(=O)CC(C)(C(C)(C)C)C(C)(C)C. The maximum atomic E-state index is 11.7. The molecular weight excluding hydrogens is 200 g/mol. The van der Waals surface area contributed by atoms with E-state index in [9.17, 15) is 4.79 Å². The van der Waals surface area contributed by atoms with Gasteiger partial charge >= 0.3 is 5.97 Å². The summed E-state index contributed by atoms with van der Waals surface area (Å²) in [6, 6.07) is 0. The second kappa shape index (κ2) is 4.77. The minimum atomic E-state index is -0.0881. The predicted octanol–water partition coefficient (Wildman–Crippen LogP) is 4.04. The summed E-state index contributed by atoms with van der Waals surface area (Å²) in [4.78, 5) is 11.7. The number of esters is 1. The highest BCUT2D eigenvalue weighted by atomic mass is 16.5. The van der Waals surface area contributed by atoms with E-state index in [1.54, 1.807) is 0 Å². The van der Waals surface area contributed by atoms with Crippen LogP contribution in [-0.2, 0) is 9.53 Å². The van der Waals surface area contributed by atoms with E-state index < -0.39 is 0 Å². The molecule has 0 atom stereocenters. The first kappa shape index (κ1) is 15.5. The number of rotatable bonds is 3. The van der Waals surface area contributed by atoms with Crippen molar-refractivity contribution >= 4 is 5.97 Å². The molecule has 16 heavy (non-hydrogen) atoms. The third-order valence-electron chi connectivity index (χ3n) is 4.11. The normalized spacial score (nSPS) is 13.8. The van der Waals surface area contributed by atoms with Gasteiger partial charge in [-0.1, -0.05) is 48.5 Å². The van der Waals surface area contributed by atoms with Crippen molar-refractivity contribution in [2.75, 3.05) is 6.61 Å². The van der Waals surface area contributed by atoms with Gasteiger partial charge in [0.25, 0.3) is 0 Å². The Morgan fingerprint density at radius 2 is 1.31 bits per heavy atom. The van der Waals surface area contributed by atoms with Gasteiger partial charge in [-0.2, -0.15) is 0 Å². The van der Waals surface area contributed by atoms with Crippen LogP contribution in [0.4, 0.5) is 0 Å². The summed E-state index contributed by atoms with van der Waals surface area (Å²) < 4.78 is 5.09. The molecule has 0 aromatic heterocycles. The largest absolute Gasteiger partial charge is 0.466 e. The van der Waals surface area contributed by atoms with Crippen LogP contribution in [-0.4, -0.2) is 12.6 Å².